The Morgan fingerprint density at radius 1 is 1.12 bits per heavy atom. The summed E-state index contributed by atoms with van der Waals surface area (Å²) in [6.45, 7) is 4.03. The van der Waals surface area contributed by atoms with Crippen LogP contribution in [0.2, 0.25) is 0 Å². The highest BCUT2D eigenvalue weighted by Gasteiger charge is 2.36. The number of para-hydroxylation sites is 2. The maximum Gasteiger partial charge on any atom is 0.298 e. The van der Waals surface area contributed by atoms with Crippen molar-refractivity contribution in [3.63, 3.8) is 0 Å². The second kappa shape index (κ2) is 8.21. The smallest absolute Gasteiger partial charge is 0.298 e. The van der Waals surface area contributed by atoms with E-state index in [2.05, 4.69) is 24.0 Å². The summed E-state index contributed by atoms with van der Waals surface area (Å²) in [6, 6.07) is 17.3. The van der Waals surface area contributed by atoms with E-state index < -0.39 is 5.91 Å². The molecule has 0 aromatic heterocycles. The Hall–Kier alpha value is -2.57. The molecule has 0 bridgehead atoms. The van der Waals surface area contributed by atoms with Crippen LogP contribution in [0.1, 0.15) is 5.56 Å². The lowest BCUT2D eigenvalue weighted by Gasteiger charge is -2.21. The Kier molecular flexibility index (Phi) is 5.75. The van der Waals surface area contributed by atoms with Gasteiger partial charge in [0.05, 0.1) is 10.6 Å². The van der Waals surface area contributed by atoms with Gasteiger partial charge >= 0.3 is 0 Å². The molecular weight excluding hydrogens is 348 g/mol. The predicted molar refractivity (Wildman–Crippen MR) is 105 cm³/mol. The summed E-state index contributed by atoms with van der Waals surface area (Å²) in [4.78, 5) is 25.7. The van der Waals surface area contributed by atoms with Crippen LogP contribution in [-0.4, -0.2) is 30.8 Å². The predicted octanol–water partition coefficient (Wildman–Crippen LogP) is 3.61. The van der Waals surface area contributed by atoms with Crippen molar-refractivity contribution >= 4 is 28.6 Å². The molecule has 1 aliphatic rings. The molecule has 5 nitrogen and oxygen atoms in total. The van der Waals surface area contributed by atoms with Crippen LogP contribution in [0.15, 0.2) is 66.1 Å². The van der Waals surface area contributed by atoms with Crippen molar-refractivity contribution in [2.24, 2.45) is 0 Å². The molecule has 134 valence electrons. The van der Waals surface area contributed by atoms with Gasteiger partial charge in [-0.3, -0.25) is 9.59 Å². The average Bonchev–Trinajstić information content (AvgIpc) is 2.91. The van der Waals surface area contributed by atoms with Crippen molar-refractivity contribution < 1.29 is 14.3 Å². The van der Waals surface area contributed by atoms with Gasteiger partial charge in [0.1, 0.15) is 12.4 Å². The van der Waals surface area contributed by atoms with Crippen LogP contribution in [0.25, 0.3) is 0 Å². The molecule has 26 heavy (non-hydrogen) atoms. The Balaban J connectivity index is 1.73. The number of thioether (sulfide) groups is 1. The van der Waals surface area contributed by atoms with E-state index in [0.29, 0.717) is 18.0 Å². The Labute approximate surface area is 157 Å². The highest BCUT2D eigenvalue weighted by molar-refractivity contribution is 8.18. The number of nitrogens with zero attached hydrogens (tertiary/aromatic N) is 1. The third-order valence-corrected chi connectivity index (χ3v) is 4.89. The summed E-state index contributed by atoms with van der Waals surface area (Å²) in [5.41, 5.74) is 1.66. The monoisotopic (exact) mass is 368 g/mol. The normalized spacial score (nSPS) is 15.4. The largest absolute Gasteiger partial charge is 0.490 e. The molecule has 1 aliphatic heterocycles. The zero-order valence-electron chi connectivity index (χ0n) is 14.5. The van der Waals surface area contributed by atoms with Gasteiger partial charge in [0.25, 0.3) is 11.1 Å². The van der Waals surface area contributed by atoms with Crippen molar-refractivity contribution in [3.05, 3.63) is 71.6 Å². The topological polar surface area (TPSA) is 58.6 Å². The molecular formula is C20H20N2O3S. The van der Waals surface area contributed by atoms with Gasteiger partial charge in [-0.2, -0.15) is 0 Å². The van der Waals surface area contributed by atoms with E-state index in [4.69, 9.17) is 4.74 Å². The molecule has 2 amide bonds. The van der Waals surface area contributed by atoms with Crippen molar-refractivity contribution in [2.45, 2.75) is 12.5 Å². The van der Waals surface area contributed by atoms with E-state index in [1.165, 1.54) is 5.56 Å². The number of rotatable bonds is 7. The lowest BCUT2D eigenvalue weighted by Crippen LogP contribution is -2.34. The third kappa shape index (κ3) is 3.98. The molecule has 0 saturated carbocycles. The number of nitrogens with one attached hydrogen (secondary N) is 1. The quantitative estimate of drug-likeness (QED) is 0.757. The zero-order chi connectivity index (χ0) is 18.5. The Bertz CT molecular complexity index is 823. The molecule has 1 fully saturated rings. The van der Waals surface area contributed by atoms with Crippen LogP contribution in [0.4, 0.5) is 10.5 Å². The van der Waals surface area contributed by atoms with Crippen LogP contribution in [0.5, 0.6) is 5.75 Å². The molecule has 1 atom stereocenters. The summed E-state index contributed by atoms with van der Waals surface area (Å²) < 4.78 is 5.96. The molecule has 1 heterocycles. The van der Waals surface area contributed by atoms with Gasteiger partial charge in [0, 0.05) is 6.04 Å². The molecule has 1 unspecified atom stereocenters. The number of ether oxygens (including phenoxy) is 1. The summed E-state index contributed by atoms with van der Waals surface area (Å²) in [6.07, 6.45) is 0.813. The number of benzene rings is 2. The standard InChI is InChI=1S/C20H20N2O3S/c1-14-19(23)22(20(24)26-14)17-10-6-7-11-18(17)25-13-16(21-2)12-15-8-4-3-5-9-15/h3-11,16,21H,1,12-13H2,2H3. The summed E-state index contributed by atoms with van der Waals surface area (Å²) in [5.74, 6) is 0.100. The first-order valence-corrected chi connectivity index (χ1v) is 9.10. The number of likely N-dealkylation sites (N-methyl/N-ethyl adjacent to an activating group) is 1. The number of hydrogen-bond acceptors (Lipinski definition) is 5. The van der Waals surface area contributed by atoms with Gasteiger partial charge in [-0.15, -0.1) is 0 Å². The van der Waals surface area contributed by atoms with E-state index in [1.807, 2.05) is 31.3 Å². The van der Waals surface area contributed by atoms with Crippen LogP contribution < -0.4 is 15.0 Å². The molecule has 2 aromatic carbocycles. The second-order valence-corrected chi connectivity index (χ2v) is 6.93. The third-order valence-electron chi connectivity index (χ3n) is 4.11. The molecule has 0 aliphatic carbocycles. The highest BCUT2D eigenvalue weighted by atomic mass is 32.2. The highest BCUT2D eigenvalue weighted by Crippen LogP contribution is 2.38. The molecule has 3 rings (SSSR count). The van der Waals surface area contributed by atoms with Gasteiger partial charge in [-0.1, -0.05) is 49.0 Å². The maximum absolute atomic E-state index is 12.2. The second-order valence-electron chi connectivity index (χ2n) is 5.89. The minimum Gasteiger partial charge on any atom is -0.490 e. The first-order valence-electron chi connectivity index (χ1n) is 8.28. The fraction of sp³-hybridized carbons (Fsp3) is 0.200. The Morgan fingerprint density at radius 3 is 2.46 bits per heavy atom. The molecule has 2 aromatic rings. The lowest BCUT2D eigenvalue weighted by molar-refractivity contribution is -0.113. The summed E-state index contributed by atoms with van der Waals surface area (Å²) in [5, 5.41) is 2.89. The van der Waals surface area contributed by atoms with E-state index in [1.54, 1.807) is 18.2 Å². The number of carbonyl (C=O) groups excluding carboxylic acids is 2. The van der Waals surface area contributed by atoms with E-state index in [0.717, 1.165) is 23.1 Å². The summed E-state index contributed by atoms with van der Waals surface area (Å²) in [7, 11) is 1.89. The summed E-state index contributed by atoms with van der Waals surface area (Å²) >= 11 is 0.846. The number of imide groups is 1. The van der Waals surface area contributed by atoms with Crippen molar-refractivity contribution in [2.75, 3.05) is 18.6 Å². The van der Waals surface area contributed by atoms with Crippen LogP contribution in [-0.2, 0) is 11.2 Å². The van der Waals surface area contributed by atoms with Gasteiger partial charge in [-0.25, -0.2) is 4.90 Å². The van der Waals surface area contributed by atoms with Gasteiger partial charge in [-0.05, 0) is 42.9 Å². The first-order chi connectivity index (χ1) is 12.6. The minimum atomic E-state index is -0.398. The minimum absolute atomic E-state index is 0.0970. The zero-order valence-corrected chi connectivity index (χ0v) is 15.3. The molecule has 0 radical (unpaired) electrons. The number of anilines is 1. The molecule has 1 saturated heterocycles. The van der Waals surface area contributed by atoms with Crippen LogP contribution in [0.3, 0.4) is 0 Å². The molecule has 0 spiro atoms. The average molecular weight is 368 g/mol. The van der Waals surface area contributed by atoms with Crippen molar-refractivity contribution in [1.29, 1.82) is 0 Å². The maximum atomic E-state index is 12.2. The van der Waals surface area contributed by atoms with Gasteiger partial charge < -0.3 is 10.1 Å². The van der Waals surface area contributed by atoms with E-state index in [-0.39, 0.29) is 16.2 Å². The van der Waals surface area contributed by atoms with E-state index >= 15 is 0 Å². The Morgan fingerprint density at radius 2 is 1.81 bits per heavy atom. The molecule has 6 heteroatoms. The number of amides is 2. The fourth-order valence-electron chi connectivity index (χ4n) is 2.71. The van der Waals surface area contributed by atoms with Gasteiger partial charge in [0.2, 0.25) is 0 Å². The van der Waals surface area contributed by atoms with Gasteiger partial charge in [0.15, 0.2) is 0 Å². The lowest BCUT2D eigenvalue weighted by atomic mass is 10.1. The van der Waals surface area contributed by atoms with Crippen LogP contribution >= 0.6 is 11.8 Å². The first kappa shape index (κ1) is 18.2. The number of hydrogen-bond donors (Lipinski definition) is 1. The fourth-order valence-corrected chi connectivity index (χ4v) is 3.37. The van der Waals surface area contributed by atoms with E-state index in [9.17, 15) is 9.59 Å². The van der Waals surface area contributed by atoms with Crippen LogP contribution in [0, 0.1) is 0 Å². The number of carbonyl (C=O) groups is 2. The molecule has 1 N–H and O–H groups in total. The van der Waals surface area contributed by atoms with Crippen molar-refractivity contribution in [3.8, 4) is 5.75 Å². The van der Waals surface area contributed by atoms with Crippen molar-refractivity contribution in [1.82, 2.24) is 5.32 Å². The SMILES string of the molecule is C=C1SC(=O)N(c2ccccc2OCC(Cc2ccccc2)NC)C1=O.